The maximum atomic E-state index is 13.1. The van der Waals surface area contributed by atoms with Crippen LogP contribution in [-0.2, 0) is 11.3 Å². The quantitative estimate of drug-likeness (QED) is 0.727. The predicted octanol–water partition coefficient (Wildman–Crippen LogP) is 5.39. The first-order chi connectivity index (χ1) is 12.4. The highest BCUT2D eigenvalue weighted by Crippen LogP contribution is 2.39. The third-order valence-electron chi connectivity index (χ3n) is 3.86. The van der Waals surface area contributed by atoms with E-state index in [0.29, 0.717) is 17.1 Å². The number of fused-ring (bicyclic) bond motifs is 1. The maximum absolute atomic E-state index is 13.1. The Hall–Kier alpha value is -1.73. The molecule has 0 aromatic heterocycles. The molecular weight excluding hydrogens is 383 g/mol. The summed E-state index contributed by atoms with van der Waals surface area (Å²) in [7, 11) is 1.86. The Morgan fingerprint density at radius 1 is 1.33 bits per heavy atom. The van der Waals surface area contributed by atoms with E-state index in [2.05, 4.69) is 13.8 Å². The van der Waals surface area contributed by atoms with Crippen LogP contribution in [0, 0.1) is 0 Å². The molecule has 0 saturated carbocycles. The molecule has 0 fully saturated rings. The first-order valence-electron chi connectivity index (χ1n) is 8.63. The molecule has 1 aromatic carbocycles. The highest BCUT2D eigenvalue weighted by atomic mass is 35.5. The fourth-order valence-corrected chi connectivity index (χ4v) is 2.48. The van der Waals surface area contributed by atoms with Crippen LogP contribution in [0.4, 0.5) is 13.2 Å². The van der Waals surface area contributed by atoms with Gasteiger partial charge in [0.1, 0.15) is 5.75 Å². The molecule has 8 heteroatoms. The van der Waals surface area contributed by atoms with E-state index in [1.165, 1.54) is 18.6 Å². The van der Waals surface area contributed by atoms with Crippen molar-refractivity contribution in [1.29, 1.82) is 0 Å². The third kappa shape index (κ3) is 6.14. The summed E-state index contributed by atoms with van der Waals surface area (Å²) in [5.41, 5.74) is -0.0355. The second kappa shape index (κ2) is 9.46. The number of benzene rings is 1. The molecule has 27 heavy (non-hydrogen) atoms. The average Bonchev–Trinajstić information content (AvgIpc) is 2.54. The number of halogens is 4. The number of ether oxygens (including phenoxy) is 1. The lowest BCUT2D eigenvalue weighted by Gasteiger charge is -2.28. The monoisotopic (exact) mass is 407 g/mol. The molecule has 0 aliphatic carbocycles. The van der Waals surface area contributed by atoms with Crippen molar-refractivity contribution < 1.29 is 27.8 Å². The van der Waals surface area contributed by atoms with E-state index in [0.717, 1.165) is 6.08 Å². The lowest BCUT2D eigenvalue weighted by molar-refractivity contribution is -0.187. The number of alkyl halides is 3. The Morgan fingerprint density at radius 2 is 1.89 bits per heavy atom. The number of hydrogen-bond donors (Lipinski definition) is 1. The van der Waals surface area contributed by atoms with Gasteiger partial charge in [0.15, 0.2) is 0 Å². The number of rotatable bonds is 4. The predicted molar refractivity (Wildman–Crippen MR) is 100 cm³/mol. The Bertz CT molecular complexity index is 702. The topological polar surface area (TPSA) is 49.8 Å². The van der Waals surface area contributed by atoms with E-state index in [9.17, 15) is 18.0 Å². The highest BCUT2D eigenvalue weighted by molar-refractivity contribution is 6.31. The van der Waals surface area contributed by atoms with E-state index in [1.54, 1.807) is 0 Å². The first-order valence-corrected chi connectivity index (χ1v) is 9.00. The molecule has 1 aliphatic rings. The second-order valence-corrected chi connectivity index (χ2v) is 7.05. The number of carbonyl (C=O) groups is 1. The third-order valence-corrected chi connectivity index (χ3v) is 4.21. The van der Waals surface area contributed by atoms with Gasteiger partial charge in [0.05, 0.1) is 5.57 Å². The van der Waals surface area contributed by atoms with E-state index in [-0.39, 0.29) is 17.4 Å². The van der Waals surface area contributed by atoms with Gasteiger partial charge in [-0.2, -0.15) is 13.2 Å². The second-order valence-electron chi connectivity index (χ2n) is 6.64. The van der Waals surface area contributed by atoms with Crippen LogP contribution in [-0.4, -0.2) is 41.3 Å². The molecule has 1 aliphatic heterocycles. The summed E-state index contributed by atoms with van der Waals surface area (Å²) in [5.74, 6) is -1.71. The van der Waals surface area contributed by atoms with Crippen LogP contribution in [0.2, 0.25) is 5.02 Å². The summed E-state index contributed by atoms with van der Waals surface area (Å²) >= 11 is 6.18. The molecule has 4 nitrogen and oxygen atoms in total. The normalized spacial score (nSPS) is 16.3. The van der Waals surface area contributed by atoms with Crippen molar-refractivity contribution in [3.05, 3.63) is 33.9 Å². The van der Waals surface area contributed by atoms with Gasteiger partial charge in [0.25, 0.3) is 0 Å². The van der Waals surface area contributed by atoms with Crippen molar-refractivity contribution in [2.24, 2.45) is 0 Å². The van der Waals surface area contributed by atoms with E-state index < -0.39 is 23.8 Å². The molecule has 0 spiro atoms. The van der Waals surface area contributed by atoms with E-state index in [4.69, 9.17) is 21.4 Å². The van der Waals surface area contributed by atoms with Crippen LogP contribution < -0.4 is 4.74 Å². The molecule has 0 saturated heterocycles. The molecule has 1 atom stereocenters. The van der Waals surface area contributed by atoms with Crippen molar-refractivity contribution in [2.75, 3.05) is 7.05 Å². The molecular formula is C19H25ClF3NO3. The van der Waals surface area contributed by atoms with Crippen molar-refractivity contribution >= 4 is 23.6 Å². The summed E-state index contributed by atoms with van der Waals surface area (Å²) in [4.78, 5) is 13.1. The Labute approximate surface area is 162 Å². The fraction of sp³-hybridized carbons (Fsp3) is 0.526. The SMILES string of the molecule is CC(C)N(C)Cc1cc2c(cc1Cl)C=C(C(=O)O)C(C(F)(F)F)O2.CCC. The Morgan fingerprint density at radius 3 is 2.33 bits per heavy atom. The zero-order chi connectivity index (χ0) is 20.9. The molecule has 1 N–H and O–H groups in total. The Balaban J connectivity index is 0.00000114. The summed E-state index contributed by atoms with van der Waals surface area (Å²) in [5, 5.41) is 9.36. The van der Waals surface area contributed by atoms with Gasteiger partial charge in [-0.3, -0.25) is 4.90 Å². The average molecular weight is 408 g/mol. The van der Waals surface area contributed by atoms with Gasteiger partial charge < -0.3 is 9.84 Å². The van der Waals surface area contributed by atoms with Crippen LogP contribution in [0.3, 0.4) is 0 Å². The van der Waals surface area contributed by atoms with Crippen molar-refractivity contribution in [2.45, 2.75) is 59.0 Å². The lowest BCUT2D eigenvalue weighted by Crippen LogP contribution is -2.40. The number of nitrogens with zero attached hydrogens (tertiary/aromatic N) is 1. The van der Waals surface area contributed by atoms with Crippen LogP contribution in [0.1, 0.15) is 45.2 Å². The Kier molecular flexibility index (Phi) is 8.17. The van der Waals surface area contributed by atoms with Crippen LogP contribution >= 0.6 is 11.6 Å². The number of carboxylic acids is 1. The van der Waals surface area contributed by atoms with Gasteiger partial charge in [0.2, 0.25) is 6.10 Å². The lowest BCUT2D eigenvalue weighted by atomic mass is 9.99. The van der Waals surface area contributed by atoms with Gasteiger partial charge in [-0.05, 0) is 44.7 Å². The first kappa shape index (κ1) is 23.3. The van der Waals surface area contributed by atoms with Gasteiger partial charge in [-0.1, -0.05) is 31.9 Å². The highest BCUT2D eigenvalue weighted by Gasteiger charge is 2.48. The summed E-state index contributed by atoms with van der Waals surface area (Å²) in [6.07, 6.45) is -5.11. The van der Waals surface area contributed by atoms with Crippen LogP contribution in [0.15, 0.2) is 17.7 Å². The van der Waals surface area contributed by atoms with Crippen molar-refractivity contribution in [3.8, 4) is 5.75 Å². The smallest absolute Gasteiger partial charge is 0.430 e. The van der Waals surface area contributed by atoms with Gasteiger partial charge in [-0.25, -0.2) is 4.79 Å². The molecule has 152 valence electrons. The zero-order valence-electron chi connectivity index (χ0n) is 16.0. The fourth-order valence-electron chi connectivity index (χ4n) is 2.25. The summed E-state index contributed by atoms with van der Waals surface area (Å²) in [6.45, 7) is 8.63. The minimum atomic E-state index is -4.82. The van der Waals surface area contributed by atoms with Gasteiger partial charge in [0, 0.05) is 23.2 Å². The minimum absolute atomic E-state index is 0.0288. The number of aliphatic carboxylic acids is 1. The maximum Gasteiger partial charge on any atom is 0.430 e. The van der Waals surface area contributed by atoms with Crippen LogP contribution in [0.25, 0.3) is 6.08 Å². The molecule has 0 amide bonds. The van der Waals surface area contributed by atoms with Crippen molar-refractivity contribution in [3.63, 3.8) is 0 Å². The largest absolute Gasteiger partial charge is 0.478 e. The molecule has 1 unspecified atom stereocenters. The molecule has 0 radical (unpaired) electrons. The van der Waals surface area contributed by atoms with Crippen LogP contribution in [0.5, 0.6) is 5.75 Å². The molecule has 1 heterocycles. The summed E-state index contributed by atoms with van der Waals surface area (Å²) < 4.78 is 44.2. The molecule has 2 rings (SSSR count). The van der Waals surface area contributed by atoms with E-state index >= 15 is 0 Å². The molecule has 0 bridgehead atoms. The minimum Gasteiger partial charge on any atom is -0.478 e. The van der Waals surface area contributed by atoms with E-state index in [1.807, 2.05) is 25.8 Å². The molecule has 1 aromatic rings. The zero-order valence-corrected chi connectivity index (χ0v) is 16.8. The van der Waals surface area contributed by atoms with Gasteiger partial charge in [-0.15, -0.1) is 0 Å². The number of hydrogen-bond acceptors (Lipinski definition) is 3. The van der Waals surface area contributed by atoms with Gasteiger partial charge >= 0.3 is 12.1 Å². The summed E-state index contributed by atoms with van der Waals surface area (Å²) in [6, 6.07) is 3.08. The number of carboxylic acid groups (broad SMARTS) is 1. The van der Waals surface area contributed by atoms with Crippen molar-refractivity contribution in [1.82, 2.24) is 4.90 Å². The standard InChI is InChI=1S/C16H17ClF3NO3.C3H8/c1-8(2)21(3)7-10-6-13-9(5-12(10)17)4-11(15(22)23)14(24-13)16(18,19)20;1-3-2/h4-6,8,14H,7H2,1-3H3,(H,22,23);3H2,1-2H3.